The maximum atomic E-state index is 12.6. The number of ether oxygens (including phenoxy) is 1. The van der Waals surface area contributed by atoms with Gasteiger partial charge >= 0.3 is 0 Å². The molecule has 1 amide bonds. The van der Waals surface area contributed by atoms with E-state index in [1.165, 1.54) is 25.3 Å². The first kappa shape index (κ1) is 16.9. The number of primary sulfonamides is 1. The van der Waals surface area contributed by atoms with E-state index in [1.807, 2.05) is 24.3 Å². The van der Waals surface area contributed by atoms with E-state index < -0.39 is 15.9 Å². The van der Waals surface area contributed by atoms with Crippen LogP contribution >= 0.6 is 0 Å². The third kappa shape index (κ3) is 3.62. The van der Waals surface area contributed by atoms with Crippen molar-refractivity contribution in [3.8, 4) is 5.75 Å². The lowest BCUT2D eigenvalue weighted by atomic mass is 10.1. The number of nitrogens with one attached hydrogen (secondary N) is 1. The van der Waals surface area contributed by atoms with Gasteiger partial charge in [-0.1, -0.05) is 30.3 Å². The van der Waals surface area contributed by atoms with Crippen molar-refractivity contribution in [2.24, 2.45) is 5.14 Å². The van der Waals surface area contributed by atoms with E-state index in [0.29, 0.717) is 17.0 Å². The molecule has 25 heavy (non-hydrogen) atoms. The highest BCUT2D eigenvalue weighted by Crippen LogP contribution is 2.27. The molecule has 0 aliphatic carbocycles. The molecule has 0 bridgehead atoms. The maximum Gasteiger partial charge on any atom is 0.259 e. The Balaban J connectivity index is 1.97. The molecule has 0 saturated heterocycles. The van der Waals surface area contributed by atoms with E-state index in [0.717, 1.165) is 10.8 Å². The molecule has 0 aromatic heterocycles. The second-order valence-electron chi connectivity index (χ2n) is 5.43. The molecule has 3 N–H and O–H groups in total. The second kappa shape index (κ2) is 6.54. The predicted octanol–water partition coefficient (Wildman–Crippen LogP) is 2.75. The third-order valence-corrected chi connectivity index (χ3v) is 4.64. The predicted molar refractivity (Wildman–Crippen MR) is 96.3 cm³/mol. The number of rotatable bonds is 4. The van der Waals surface area contributed by atoms with Gasteiger partial charge in [0.25, 0.3) is 5.91 Å². The van der Waals surface area contributed by atoms with Crippen LogP contribution in [0, 0.1) is 0 Å². The van der Waals surface area contributed by atoms with Crippen molar-refractivity contribution < 1.29 is 17.9 Å². The number of sulfonamides is 1. The van der Waals surface area contributed by atoms with Crippen LogP contribution in [-0.2, 0) is 10.0 Å². The van der Waals surface area contributed by atoms with E-state index in [2.05, 4.69) is 5.32 Å². The van der Waals surface area contributed by atoms with Gasteiger partial charge in [-0.3, -0.25) is 4.79 Å². The van der Waals surface area contributed by atoms with Gasteiger partial charge in [-0.15, -0.1) is 0 Å². The van der Waals surface area contributed by atoms with Crippen LogP contribution in [0.5, 0.6) is 5.75 Å². The molecule has 128 valence electrons. The maximum absolute atomic E-state index is 12.6. The zero-order valence-electron chi connectivity index (χ0n) is 13.4. The number of hydrogen-bond donors (Lipinski definition) is 2. The average Bonchev–Trinajstić information content (AvgIpc) is 2.60. The number of amides is 1. The summed E-state index contributed by atoms with van der Waals surface area (Å²) in [6.07, 6.45) is 0. The molecule has 7 heteroatoms. The van der Waals surface area contributed by atoms with Crippen LogP contribution in [0.15, 0.2) is 65.6 Å². The van der Waals surface area contributed by atoms with Crippen LogP contribution in [0.2, 0.25) is 0 Å². The highest BCUT2D eigenvalue weighted by molar-refractivity contribution is 7.89. The fraction of sp³-hybridized carbons (Fsp3) is 0.0556. The minimum Gasteiger partial charge on any atom is -0.496 e. The van der Waals surface area contributed by atoms with Crippen molar-refractivity contribution >= 4 is 32.4 Å². The molecule has 0 aliphatic rings. The first-order valence-electron chi connectivity index (χ1n) is 7.39. The third-order valence-electron chi connectivity index (χ3n) is 3.73. The van der Waals surface area contributed by atoms with Crippen LogP contribution in [-0.4, -0.2) is 21.4 Å². The van der Waals surface area contributed by atoms with Crippen LogP contribution < -0.4 is 15.2 Å². The van der Waals surface area contributed by atoms with Gasteiger partial charge in [-0.2, -0.15) is 0 Å². The summed E-state index contributed by atoms with van der Waals surface area (Å²) in [5.41, 5.74) is 0.675. The molecule has 0 atom stereocenters. The highest BCUT2D eigenvalue weighted by Gasteiger charge is 2.15. The van der Waals surface area contributed by atoms with Crippen molar-refractivity contribution in [1.29, 1.82) is 0 Å². The Hall–Kier alpha value is -2.90. The first-order chi connectivity index (χ1) is 11.9. The monoisotopic (exact) mass is 356 g/mol. The Morgan fingerprint density at radius 3 is 2.32 bits per heavy atom. The Kier molecular flexibility index (Phi) is 4.43. The molecule has 3 aromatic rings. The topological polar surface area (TPSA) is 98.5 Å². The first-order valence-corrected chi connectivity index (χ1v) is 8.94. The van der Waals surface area contributed by atoms with Crippen molar-refractivity contribution in [2.45, 2.75) is 4.90 Å². The molecule has 6 nitrogen and oxygen atoms in total. The van der Waals surface area contributed by atoms with Crippen molar-refractivity contribution in [1.82, 2.24) is 0 Å². The highest BCUT2D eigenvalue weighted by atomic mass is 32.2. The van der Waals surface area contributed by atoms with Crippen LogP contribution in [0.1, 0.15) is 10.4 Å². The number of carbonyl (C=O) groups excluding carboxylic acids is 1. The smallest absolute Gasteiger partial charge is 0.259 e. The number of carbonyl (C=O) groups is 1. The Labute approximate surface area is 145 Å². The summed E-state index contributed by atoms with van der Waals surface area (Å²) in [6, 6.07) is 16.9. The molecule has 3 aromatic carbocycles. The zero-order chi connectivity index (χ0) is 18.0. The van der Waals surface area contributed by atoms with E-state index in [4.69, 9.17) is 9.88 Å². The number of anilines is 1. The fourth-order valence-corrected chi connectivity index (χ4v) is 3.07. The summed E-state index contributed by atoms with van der Waals surface area (Å²) in [4.78, 5) is 12.6. The van der Waals surface area contributed by atoms with Crippen molar-refractivity contribution in [2.75, 3.05) is 12.4 Å². The minimum atomic E-state index is -3.84. The van der Waals surface area contributed by atoms with Gasteiger partial charge < -0.3 is 10.1 Å². The van der Waals surface area contributed by atoms with Gasteiger partial charge in [0, 0.05) is 5.69 Å². The van der Waals surface area contributed by atoms with Gasteiger partial charge in [-0.25, -0.2) is 13.6 Å². The largest absolute Gasteiger partial charge is 0.496 e. The average molecular weight is 356 g/mol. The molecule has 0 fully saturated rings. The van der Waals surface area contributed by atoms with E-state index in [-0.39, 0.29) is 4.90 Å². The normalized spacial score (nSPS) is 11.3. The molecule has 0 spiro atoms. The van der Waals surface area contributed by atoms with Crippen LogP contribution in [0.4, 0.5) is 5.69 Å². The number of nitrogens with two attached hydrogens (primary N) is 1. The lowest BCUT2D eigenvalue weighted by molar-refractivity contribution is 0.102. The molecule has 0 unspecified atom stereocenters. The van der Waals surface area contributed by atoms with Gasteiger partial charge in [0.05, 0.1) is 17.6 Å². The summed E-state index contributed by atoms with van der Waals surface area (Å²) in [6.45, 7) is 0. The molecular formula is C18H16N2O4S. The summed E-state index contributed by atoms with van der Waals surface area (Å²) < 4.78 is 28.2. The Morgan fingerprint density at radius 1 is 1.00 bits per heavy atom. The number of hydrogen-bond acceptors (Lipinski definition) is 4. The SMILES string of the molecule is COc1cc2ccccc2cc1C(=O)Nc1cccc(S(N)(=O)=O)c1. The number of fused-ring (bicyclic) bond motifs is 1. The fourth-order valence-electron chi connectivity index (χ4n) is 2.51. The standard InChI is InChI=1S/C18H16N2O4S/c1-24-17-10-13-6-3-2-5-12(13)9-16(17)18(21)20-14-7-4-8-15(11-14)25(19,22)23/h2-11H,1H3,(H,20,21)(H2,19,22,23). The van der Waals surface area contributed by atoms with Crippen LogP contribution in [0.25, 0.3) is 10.8 Å². The zero-order valence-corrected chi connectivity index (χ0v) is 14.2. The van der Waals surface area contributed by atoms with E-state index >= 15 is 0 Å². The minimum absolute atomic E-state index is 0.0734. The Morgan fingerprint density at radius 2 is 1.68 bits per heavy atom. The number of benzene rings is 3. The van der Waals surface area contributed by atoms with Gasteiger partial charge in [0.15, 0.2) is 0 Å². The molecule has 0 aliphatic heterocycles. The lowest BCUT2D eigenvalue weighted by Gasteiger charge is -2.11. The summed E-state index contributed by atoms with van der Waals surface area (Å²) in [5, 5.41) is 9.63. The summed E-state index contributed by atoms with van der Waals surface area (Å²) in [7, 11) is -2.35. The summed E-state index contributed by atoms with van der Waals surface area (Å²) >= 11 is 0. The lowest BCUT2D eigenvalue weighted by Crippen LogP contribution is -2.15. The number of methoxy groups -OCH3 is 1. The van der Waals surface area contributed by atoms with E-state index in [1.54, 1.807) is 18.2 Å². The molecule has 0 saturated carbocycles. The van der Waals surface area contributed by atoms with Gasteiger partial charge in [0.2, 0.25) is 10.0 Å². The second-order valence-corrected chi connectivity index (χ2v) is 6.99. The van der Waals surface area contributed by atoms with Gasteiger partial charge in [0.1, 0.15) is 5.75 Å². The molecule has 3 rings (SSSR count). The van der Waals surface area contributed by atoms with Crippen molar-refractivity contribution in [3.63, 3.8) is 0 Å². The molecular weight excluding hydrogens is 340 g/mol. The van der Waals surface area contributed by atoms with Crippen LogP contribution in [0.3, 0.4) is 0 Å². The quantitative estimate of drug-likeness (QED) is 0.751. The summed E-state index contributed by atoms with van der Waals surface area (Å²) in [5.74, 6) is 0.0213. The molecule has 0 radical (unpaired) electrons. The van der Waals surface area contributed by atoms with E-state index in [9.17, 15) is 13.2 Å². The van der Waals surface area contributed by atoms with Crippen molar-refractivity contribution in [3.05, 3.63) is 66.2 Å². The Bertz CT molecular complexity index is 1060. The van der Waals surface area contributed by atoms with Gasteiger partial charge in [-0.05, 0) is 41.1 Å². The molecule has 0 heterocycles.